The second-order valence-corrected chi connectivity index (χ2v) is 5.07. The van der Waals surface area contributed by atoms with Gasteiger partial charge in [-0.05, 0) is 23.6 Å². The molecule has 0 radical (unpaired) electrons. The van der Waals surface area contributed by atoms with Gasteiger partial charge >= 0.3 is 0 Å². The molecule has 2 rings (SSSR count). The molecule has 0 unspecified atom stereocenters. The van der Waals surface area contributed by atoms with Crippen LogP contribution >= 0.6 is 0 Å². The molecular formula is C15H22FN5O. The predicted octanol–water partition coefficient (Wildman–Crippen LogP) is 1.91. The Morgan fingerprint density at radius 3 is 2.50 bits per heavy atom. The summed E-state index contributed by atoms with van der Waals surface area (Å²) in [4.78, 5) is 11.6. The number of aromatic nitrogens is 2. The first kappa shape index (κ1) is 17.6. The van der Waals surface area contributed by atoms with Gasteiger partial charge in [0.15, 0.2) is 5.69 Å². The quantitative estimate of drug-likeness (QED) is 0.800. The summed E-state index contributed by atoms with van der Waals surface area (Å²) in [6, 6.07) is 4.46. The summed E-state index contributed by atoms with van der Waals surface area (Å²) >= 11 is 0. The normalized spacial score (nSPS) is 10.6. The van der Waals surface area contributed by atoms with Gasteiger partial charge in [-0.25, -0.2) is 9.07 Å². The van der Waals surface area contributed by atoms with Gasteiger partial charge in [0, 0.05) is 6.54 Å². The van der Waals surface area contributed by atoms with E-state index in [1.165, 1.54) is 12.1 Å². The molecule has 7 heteroatoms. The maximum atomic E-state index is 14.2. The number of nitrogen functional groups attached to an aromatic ring is 1. The lowest BCUT2D eigenvalue weighted by Crippen LogP contribution is -2.19. The number of nitrogens with zero attached hydrogens (tertiary/aromatic N) is 2. The average molecular weight is 307 g/mol. The standard InChI is InChI=1S/C14H18FN5O.CH4/c1-7(2)12-11(17)13(14(18)21)20(19-12)10-4-3-8(6-16)5-9(10)15;/h3-5,7H,6,16-17H2,1-2H3,(H2,18,21);1H4. The zero-order valence-electron chi connectivity index (χ0n) is 11.9. The van der Waals surface area contributed by atoms with Crippen LogP contribution in [0.1, 0.15) is 48.9 Å². The Labute approximate surface area is 129 Å². The smallest absolute Gasteiger partial charge is 0.269 e. The van der Waals surface area contributed by atoms with Crippen LogP contribution in [-0.2, 0) is 6.54 Å². The SMILES string of the molecule is C.CC(C)c1nn(-c2ccc(CN)cc2F)c(C(N)=O)c1N. The summed E-state index contributed by atoms with van der Waals surface area (Å²) < 4.78 is 15.4. The molecule has 2 aromatic rings. The van der Waals surface area contributed by atoms with Gasteiger partial charge in [-0.3, -0.25) is 4.79 Å². The largest absolute Gasteiger partial charge is 0.395 e. The van der Waals surface area contributed by atoms with Gasteiger partial charge in [0.25, 0.3) is 5.91 Å². The Morgan fingerprint density at radius 2 is 2.05 bits per heavy atom. The molecule has 6 N–H and O–H groups in total. The number of benzene rings is 1. The van der Waals surface area contributed by atoms with E-state index in [1.54, 1.807) is 6.07 Å². The molecule has 0 atom stereocenters. The number of primary amides is 1. The van der Waals surface area contributed by atoms with Gasteiger partial charge in [0.2, 0.25) is 0 Å². The third kappa shape index (κ3) is 2.94. The fourth-order valence-electron chi connectivity index (χ4n) is 2.13. The number of halogens is 1. The highest BCUT2D eigenvalue weighted by atomic mass is 19.1. The molecule has 1 heterocycles. The van der Waals surface area contributed by atoms with E-state index in [-0.39, 0.29) is 37.0 Å². The second kappa shape index (κ2) is 6.57. The Morgan fingerprint density at radius 1 is 1.41 bits per heavy atom. The highest BCUT2D eigenvalue weighted by molar-refractivity contribution is 5.97. The van der Waals surface area contributed by atoms with E-state index in [1.807, 2.05) is 13.8 Å². The molecule has 22 heavy (non-hydrogen) atoms. The van der Waals surface area contributed by atoms with E-state index in [9.17, 15) is 9.18 Å². The Kier molecular flexibility index (Phi) is 5.27. The molecule has 120 valence electrons. The van der Waals surface area contributed by atoms with E-state index in [0.29, 0.717) is 11.3 Å². The lowest BCUT2D eigenvalue weighted by molar-refractivity contribution is 0.0993. The summed E-state index contributed by atoms with van der Waals surface area (Å²) in [6.07, 6.45) is 0. The summed E-state index contributed by atoms with van der Waals surface area (Å²) in [5.74, 6) is -1.32. The highest BCUT2D eigenvalue weighted by Crippen LogP contribution is 2.27. The van der Waals surface area contributed by atoms with Crippen molar-refractivity contribution in [2.45, 2.75) is 33.7 Å². The third-order valence-electron chi connectivity index (χ3n) is 3.21. The minimum atomic E-state index is -0.755. The molecule has 0 aliphatic rings. The third-order valence-corrected chi connectivity index (χ3v) is 3.21. The van der Waals surface area contributed by atoms with E-state index in [4.69, 9.17) is 17.2 Å². The molecule has 0 saturated heterocycles. The first-order chi connectivity index (χ1) is 9.86. The molecular weight excluding hydrogens is 285 g/mol. The van der Waals surface area contributed by atoms with Crippen LogP contribution in [0.25, 0.3) is 5.69 Å². The van der Waals surface area contributed by atoms with E-state index in [0.717, 1.165) is 4.68 Å². The summed E-state index contributed by atoms with van der Waals surface area (Å²) in [5.41, 5.74) is 18.2. The first-order valence-corrected chi connectivity index (χ1v) is 6.53. The maximum absolute atomic E-state index is 14.2. The van der Waals surface area contributed by atoms with Gasteiger partial charge in [-0.2, -0.15) is 5.10 Å². The van der Waals surface area contributed by atoms with Crippen LogP contribution in [0.15, 0.2) is 18.2 Å². The van der Waals surface area contributed by atoms with Crippen LogP contribution in [-0.4, -0.2) is 15.7 Å². The van der Waals surface area contributed by atoms with Crippen molar-refractivity contribution in [1.29, 1.82) is 0 Å². The summed E-state index contributed by atoms with van der Waals surface area (Å²) in [7, 11) is 0. The van der Waals surface area contributed by atoms with Crippen molar-refractivity contribution in [3.63, 3.8) is 0 Å². The number of nitrogens with two attached hydrogens (primary N) is 3. The molecule has 0 saturated carbocycles. The Hall–Kier alpha value is -2.41. The first-order valence-electron chi connectivity index (χ1n) is 6.53. The van der Waals surface area contributed by atoms with Crippen LogP contribution < -0.4 is 17.2 Å². The van der Waals surface area contributed by atoms with Gasteiger partial charge < -0.3 is 17.2 Å². The minimum Gasteiger partial charge on any atom is -0.395 e. The molecule has 0 spiro atoms. The molecule has 0 fully saturated rings. The van der Waals surface area contributed by atoms with E-state index >= 15 is 0 Å². The molecule has 1 aromatic heterocycles. The molecule has 0 aliphatic heterocycles. The average Bonchev–Trinajstić information content (AvgIpc) is 2.76. The van der Waals surface area contributed by atoms with Gasteiger partial charge in [0.1, 0.15) is 11.5 Å². The molecule has 1 aromatic carbocycles. The van der Waals surface area contributed by atoms with Crippen molar-refractivity contribution in [2.75, 3.05) is 5.73 Å². The van der Waals surface area contributed by atoms with Crippen LogP contribution in [0, 0.1) is 5.82 Å². The maximum Gasteiger partial charge on any atom is 0.269 e. The zero-order valence-corrected chi connectivity index (χ0v) is 11.9. The number of amides is 1. The zero-order chi connectivity index (χ0) is 15.7. The lowest BCUT2D eigenvalue weighted by atomic mass is 10.1. The van der Waals surface area contributed by atoms with Gasteiger partial charge in [0.05, 0.1) is 11.4 Å². The number of rotatable bonds is 4. The fourth-order valence-corrected chi connectivity index (χ4v) is 2.13. The fraction of sp³-hybridized carbons (Fsp3) is 0.333. The van der Waals surface area contributed by atoms with Gasteiger partial charge in [-0.15, -0.1) is 0 Å². The number of hydrogen-bond acceptors (Lipinski definition) is 4. The molecule has 0 aliphatic carbocycles. The minimum absolute atomic E-state index is 0. The predicted molar refractivity (Wildman–Crippen MR) is 85.2 cm³/mol. The van der Waals surface area contributed by atoms with Crippen LogP contribution in [0.4, 0.5) is 10.1 Å². The Balaban J connectivity index is 0.00000242. The second-order valence-electron chi connectivity index (χ2n) is 5.07. The monoisotopic (exact) mass is 307 g/mol. The molecule has 0 bridgehead atoms. The van der Waals surface area contributed by atoms with Gasteiger partial charge in [-0.1, -0.05) is 27.3 Å². The van der Waals surface area contributed by atoms with Crippen LogP contribution in [0.2, 0.25) is 0 Å². The van der Waals surface area contributed by atoms with E-state index in [2.05, 4.69) is 5.10 Å². The molecule has 1 amide bonds. The van der Waals surface area contributed by atoms with Crippen molar-refractivity contribution in [3.05, 3.63) is 41.0 Å². The van der Waals surface area contributed by atoms with E-state index < -0.39 is 11.7 Å². The Bertz CT molecular complexity index is 693. The molecule has 6 nitrogen and oxygen atoms in total. The van der Waals surface area contributed by atoms with Crippen molar-refractivity contribution >= 4 is 11.6 Å². The van der Waals surface area contributed by atoms with Crippen molar-refractivity contribution in [1.82, 2.24) is 9.78 Å². The van der Waals surface area contributed by atoms with Crippen molar-refractivity contribution < 1.29 is 9.18 Å². The number of carbonyl (C=O) groups excluding carboxylic acids is 1. The van der Waals surface area contributed by atoms with Crippen LogP contribution in [0.5, 0.6) is 0 Å². The van der Waals surface area contributed by atoms with Crippen molar-refractivity contribution in [2.24, 2.45) is 11.5 Å². The number of anilines is 1. The summed E-state index contributed by atoms with van der Waals surface area (Å²) in [5, 5.41) is 4.24. The highest BCUT2D eigenvalue weighted by Gasteiger charge is 2.23. The van der Waals surface area contributed by atoms with Crippen molar-refractivity contribution in [3.8, 4) is 5.69 Å². The topological polar surface area (TPSA) is 113 Å². The van der Waals surface area contributed by atoms with Crippen LogP contribution in [0.3, 0.4) is 0 Å². The number of hydrogen-bond donors (Lipinski definition) is 3. The lowest BCUT2D eigenvalue weighted by Gasteiger charge is -2.08. The summed E-state index contributed by atoms with van der Waals surface area (Å²) in [6.45, 7) is 3.97. The number of carbonyl (C=O) groups is 1.